The molecule has 1 aromatic carbocycles. The molecule has 1 fully saturated rings. The Morgan fingerprint density at radius 2 is 1.65 bits per heavy atom. The van der Waals surface area contributed by atoms with Gasteiger partial charge in [0.2, 0.25) is 0 Å². The number of rotatable bonds is 2. The molecule has 1 aromatic rings. The maximum Gasteiger partial charge on any atom is 0.332 e. The van der Waals surface area contributed by atoms with E-state index in [1.807, 2.05) is 0 Å². The molecule has 0 unspecified atom stereocenters. The van der Waals surface area contributed by atoms with Gasteiger partial charge in [-0.05, 0) is 37.1 Å². The zero-order chi connectivity index (χ0) is 12.5. The number of benzene rings is 1. The standard InChI is InChI=1S/C10H12FNO3S2/c11-17(14,15)10-5-3-9(4-6-10)12-16(13)7-1-2-8-16/h3-6H,1-2,7-8H2. The molecule has 1 heterocycles. The molecule has 0 aromatic heterocycles. The van der Waals surface area contributed by atoms with Crippen LogP contribution in [0.3, 0.4) is 0 Å². The van der Waals surface area contributed by atoms with E-state index in [0.29, 0.717) is 17.2 Å². The van der Waals surface area contributed by atoms with Crippen molar-refractivity contribution in [3.05, 3.63) is 24.3 Å². The highest BCUT2D eigenvalue weighted by atomic mass is 32.3. The van der Waals surface area contributed by atoms with Crippen molar-refractivity contribution in [1.29, 1.82) is 0 Å². The first-order valence-corrected chi connectivity index (χ1v) is 8.40. The smallest absolute Gasteiger partial charge is 0.249 e. The number of halogens is 1. The third-order valence-electron chi connectivity index (χ3n) is 2.57. The Morgan fingerprint density at radius 1 is 1.12 bits per heavy atom. The third kappa shape index (κ3) is 3.04. The van der Waals surface area contributed by atoms with Crippen LogP contribution in [0.1, 0.15) is 12.8 Å². The summed E-state index contributed by atoms with van der Waals surface area (Å²) >= 11 is 0. The van der Waals surface area contributed by atoms with Crippen LogP contribution in [0.5, 0.6) is 0 Å². The molecule has 0 saturated carbocycles. The van der Waals surface area contributed by atoms with Crippen molar-refractivity contribution in [3.63, 3.8) is 0 Å². The predicted molar refractivity (Wildman–Crippen MR) is 63.9 cm³/mol. The molecule has 17 heavy (non-hydrogen) atoms. The number of nitrogens with zero attached hydrogens (tertiary/aromatic N) is 1. The first-order valence-electron chi connectivity index (χ1n) is 5.16. The molecule has 94 valence electrons. The molecule has 1 aliphatic heterocycles. The lowest BCUT2D eigenvalue weighted by Crippen LogP contribution is -1.99. The topological polar surface area (TPSA) is 63.6 Å². The summed E-state index contributed by atoms with van der Waals surface area (Å²) < 4.78 is 50.0. The highest BCUT2D eigenvalue weighted by Gasteiger charge is 2.16. The van der Waals surface area contributed by atoms with Crippen LogP contribution in [0.15, 0.2) is 33.5 Å². The van der Waals surface area contributed by atoms with Gasteiger partial charge in [-0.3, -0.25) is 0 Å². The molecule has 1 saturated heterocycles. The van der Waals surface area contributed by atoms with Gasteiger partial charge in [0.1, 0.15) is 0 Å². The molecule has 0 amide bonds. The molecule has 0 atom stereocenters. The Morgan fingerprint density at radius 3 is 2.12 bits per heavy atom. The summed E-state index contributed by atoms with van der Waals surface area (Å²) in [6.07, 6.45) is 1.80. The summed E-state index contributed by atoms with van der Waals surface area (Å²) in [6, 6.07) is 5.01. The first kappa shape index (κ1) is 12.5. The molecule has 1 aliphatic rings. The monoisotopic (exact) mass is 277 g/mol. The van der Waals surface area contributed by atoms with Gasteiger partial charge >= 0.3 is 10.2 Å². The summed E-state index contributed by atoms with van der Waals surface area (Å²) in [6.45, 7) is 0. The summed E-state index contributed by atoms with van der Waals surface area (Å²) in [5.74, 6) is 1.16. The first-order chi connectivity index (χ1) is 7.89. The average Bonchev–Trinajstić information content (AvgIpc) is 2.64. The van der Waals surface area contributed by atoms with Crippen LogP contribution in [0.2, 0.25) is 0 Å². The number of hydrogen-bond donors (Lipinski definition) is 0. The second kappa shape index (κ2) is 4.38. The zero-order valence-corrected chi connectivity index (χ0v) is 10.6. The average molecular weight is 277 g/mol. The van der Waals surface area contributed by atoms with E-state index in [-0.39, 0.29) is 0 Å². The molecule has 0 bridgehead atoms. The van der Waals surface area contributed by atoms with Crippen LogP contribution >= 0.6 is 0 Å². The summed E-state index contributed by atoms with van der Waals surface area (Å²) in [5, 5.41) is 0. The summed E-state index contributed by atoms with van der Waals surface area (Å²) in [7, 11) is -6.85. The van der Waals surface area contributed by atoms with E-state index in [9.17, 15) is 16.5 Å². The van der Waals surface area contributed by atoms with Gasteiger partial charge in [0, 0.05) is 11.5 Å². The quantitative estimate of drug-likeness (QED) is 0.779. The summed E-state index contributed by atoms with van der Waals surface area (Å²) in [5.41, 5.74) is 0.435. The van der Waals surface area contributed by atoms with Gasteiger partial charge < -0.3 is 0 Å². The van der Waals surface area contributed by atoms with Crippen molar-refractivity contribution in [1.82, 2.24) is 0 Å². The SMILES string of the molecule is O=S(=O)(F)c1ccc(N=S2(=O)CCCC2)cc1. The maximum absolute atomic E-state index is 12.6. The van der Waals surface area contributed by atoms with E-state index in [1.54, 1.807) is 0 Å². The minimum Gasteiger partial charge on any atom is -0.249 e. The highest BCUT2D eigenvalue weighted by Crippen LogP contribution is 2.22. The second-order valence-electron chi connectivity index (χ2n) is 3.91. The Balaban J connectivity index is 2.34. The molecule has 0 spiro atoms. The lowest BCUT2D eigenvalue weighted by atomic mass is 10.3. The predicted octanol–water partition coefficient (Wildman–Crippen LogP) is 2.24. The van der Waals surface area contributed by atoms with Crippen molar-refractivity contribution in [2.24, 2.45) is 4.36 Å². The molecule has 0 N–H and O–H groups in total. The molecule has 7 heteroatoms. The van der Waals surface area contributed by atoms with Gasteiger partial charge in [-0.1, -0.05) is 0 Å². The maximum atomic E-state index is 12.6. The van der Waals surface area contributed by atoms with Crippen LogP contribution in [0.25, 0.3) is 0 Å². The van der Waals surface area contributed by atoms with E-state index >= 15 is 0 Å². The Hall–Kier alpha value is -0.950. The minimum atomic E-state index is -4.68. The van der Waals surface area contributed by atoms with E-state index in [1.165, 1.54) is 12.1 Å². The van der Waals surface area contributed by atoms with E-state index < -0.39 is 24.8 Å². The minimum absolute atomic E-state index is 0.405. The van der Waals surface area contributed by atoms with E-state index in [4.69, 9.17) is 0 Å². The van der Waals surface area contributed by atoms with Crippen LogP contribution in [0.4, 0.5) is 9.57 Å². The van der Waals surface area contributed by atoms with Crippen molar-refractivity contribution in [3.8, 4) is 0 Å². The van der Waals surface area contributed by atoms with Crippen LogP contribution in [-0.4, -0.2) is 24.1 Å². The Labute approximate surface area is 100 Å². The fourth-order valence-corrected chi connectivity index (χ4v) is 4.37. The van der Waals surface area contributed by atoms with E-state index in [0.717, 1.165) is 25.0 Å². The Kier molecular flexibility index (Phi) is 3.22. The van der Waals surface area contributed by atoms with Gasteiger partial charge in [0.15, 0.2) is 0 Å². The normalized spacial score (nSPS) is 19.1. The molecule has 4 nitrogen and oxygen atoms in total. The van der Waals surface area contributed by atoms with Crippen molar-refractivity contribution < 1.29 is 16.5 Å². The van der Waals surface area contributed by atoms with Gasteiger partial charge in [0.25, 0.3) is 0 Å². The summed E-state index contributed by atoms with van der Waals surface area (Å²) in [4.78, 5) is -0.405. The van der Waals surface area contributed by atoms with Crippen molar-refractivity contribution >= 4 is 25.6 Å². The lowest BCUT2D eigenvalue weighted by Gasteiger charge is -2.00. The molecule has 0 aliphatic carbocycles. The van der Waals surface area contributed by atoms with Gasteiger partial charge in [-0.15, -0.1) is 3.89 Å². The number of hydrogen-bond acceptors (Lipinski definition) is 4. The lowest BCUT2D eigenvalue weighted by molar-refractivity contribution is 0.552. The molecular formula is C10H12FNO3S2. The molecule has 0 radical (unpaired) electrons. The molecular weight excluding hydrogens is 265 g/mol. The van der Waals surface area contributed by atoms with Crippen LogP contribution in [-0.2, 0) is 20.0 Å². The van der Waals surface area contributed by atoms with Crippen LogP contribution < -0.4 is 0 Å². The third-order valence-corrected chi connectivity index (χ3v) is 5.80. The Bertz CT molecular complexity index is 616. The van der Waals surface area contributed by atoms with Gasteiger partial charge in [0.05, 0.1) is 20.3 Å². The van der Waals surface area contributed by atoms with E-state index in [2.05, 4.69) is 4.36 Å². The largest absolute Gasteiger partial charge is 0.332 e. The highest BCUT2D eigenvalue weighted by molar-refractivity contribution is 7.93. The zero-order valence-electron chi connectivity index (χ0n) is 9.00. The van der Waals surface area contributed by atoms with Gasteiger partial charge in [-0.2, -0.15) is 12.8 Å². The molecule has 2 rings (SSSR count). The fraction of sp³-hybridized carbons (Fsp3) is 0.400. The van der Waals surface area contributed by atoms with Gasteiger partial charge in [-0.25, -0.2) is 4.21 Å². The second-order valence-corrected chi connectivity index (χ2v) is 7.80. The van der Waals surface area contributed by atoms with Crippen molar-refractivity contribution in [2.45, 2.75) is 17.7 Å². The van der Waals surface area contributed by atoms with Crippen molar-refractivity contribution in [2.75, 3.05) is 11.5 Å². The fourth-order valence-electron chi connectivity index (χ4n) is 1.71. The van der Waals surface area contributed by atoms with Crippen LogP contribution in [0, 0.1) is 0 Å².